The lowest BCUT2D eigenvalue weighted by atomic mass is 10.2. The van der Waals surface area contributed by atoms with Crippen LogP contribution < -0.4 is 21.9 Å². The Bertz CT molecular complexity index is 1050. The van der Waals surface area contributed by atoms with E-state index in [1.54, 1.807) is 0 Å². The van der Waals surface area contributed by atoms with E-state index >= 15 is 0 Å². The molecule has 0 saturated carbocycles. The van der Waals surface area contributed by atoms with Gasteiger partial charge in [0.05, 0.1) is 15.9 Å². The fraction of sp³-hybridized carbons (Fsp3) is 0. The van der Waals surface area contributed by atoms with Crippen molar-refractivity contribution in [2.24, 2.45) is 0 Å². The van der Waals surface area contributed by atoms with E-state index in [0.717, 1.165) is 16.1 Å². The van der Waals surface area contributed by atoms with E-state index in [1.165, 1.54) is 0 Å². The van der Waals surface area contributed by atoms with Crippen LogP contribution in [0.15, 0.2) is 33.9 Å². The zero-order chi connectivity index (χ0) is 13.6. The summed E-state index contributed by atoms with van der Waals surface area (Å²) in [5.41, 5.74) is -1.04. The van der Waals surface area contributed by atoms with Crippen molar-refractivity contribution in [2.75, 3.05) is 0 Å². The summed E-state index contributed by atoms with van der Waals surface area (Å²) >= 11 is 0. The second-order valence-electron chi connectivity index (χ2n) is 4.29. The number of rotatable bonds is 0. The fourth-order valence-electron chi connectivity index (χ4n) is 2.24. The second kappa shape index (κ2) is 3.84. The van der Waals surface area contributed by atoms with E-state index in [4.69, 9.17) is 0 Å². The van der Waals surface area contributed by atoms with Crippen LogP contribution in [0.5, 0.6) is 0 Å². The number of aromatic amines is 3. The van der Waals surface area contributed by atoms with Crippen LogP contribution >= 0.6 is 0 Å². The molecular weight excluding hydrogens is 242 g/mol. The van der Waals surface area contributed by atoms with Gasteiger partial charge in [-0.3, -0.25) is 9.78 Å². The number of hydrogen-bond donors (Lipinski definition) is 3. The first kappa shape index (κ1) is 11.3. The van der Waals surface area contributed by atoms with E-state index in [1.807, 2.05) is 24.3 Å². The molecule has 0 saturated heterocycles. The van der Waals surface area contributed by atoms with Crippen LogP contribution in [0, 0.1) is 10.6 Å². The molecular formula is C14H11N3O2. The lowest BCUT2D eigenvalue weighted by molar-refractivity contribution is 0.980. The van der Waals surface area contributed by atoms with Crippen molar-refractivity contribution < 1.29 is 0 Å². The summed E-state index contributed by atoms with van der Waals surface area (Å²) in [7, 11) is 0. The average Bonchev–Trinajstić information content (AvgIpc) is 2.67. The summed E-state index contributed by atoms with van der Waals surface area (Å²) in [6, 6.07) is 7.58. The SMILES string of the molecule is C=c1[nH]c(=O)[nH]c(=O)/c1=c1/[nH]c(=C)c2ccccc12. The topological polar surface area (TPSA) is 81.5 Å². The summed E-state index contributed by atoms with van der Waals surface area (Å²) in [6.45, 7) is 7.63. The van der Waals surface area contributed by atoms with Crippen LogP contribution in [0.1, 0.15) is 0 Å². The summed E-state index contributed by atoms with van der Waals surface area (Å²) < 4.78 is 0. The Balaban J connectivity index is 2.83. The third-order valence-corrected chi connectivity index (χ3v) is 3.07. The molecule has 3 aromatic rings. The third kappa shape index (κ3) is 1.63. The third-order valence-electron chi connectivity index (χ3n) is 3.07. The predicted octanol–water partition coefficient (Wildman–Crippen LogP) is -0.348. The monoisotopic (exact) mass is 253 g/mol. The molecule has 1 aromatic carbocycles. The van der Waals surface area contributed by atoms with Crippen molar-refractivity contribution in [3.05, 3.63) is 66.4 Å². The van der Waals surface area contributed by atoms with Gasteiger partial charge in [-0.2, -0.15) is 0 Å². The normalized spacial score (nSPS) is 12.8. The number of hydrogen-bond acceptors (Lipinski definition) is 2. The quantitative estimate of drug-likeness (QED) is 0.512. The van der Waals surface area contributed by atoms with Gasteiger partial charge in [0.25, 0.3) is 5.56 Å². The second-order valence-corrected chi connectivity index (χ2v) is 4.29. The maximum atomic E-state index is 12.0. The van der Waals surface area contributed by atoms with Gasteiger partial charge in [-0.15, -0.1) is 0 Å². The van der Waals surface area contributed by atoms with Gasteiger partial charge < -0.3 is 9.97 Å². The molecule has 0 atom stereocenters. The molecule has 0 aliphatic heterocycles. The molecule has 0 bridgehead atoms. The molecule has 0 aliphatic carbocycles. The van der Waals surface area contributed by atoms with E-state index in [9.17, 15) is 9.59 Å². The van der Waals surface area contributed by atoms with Crippen molar-refractivity contribution in [1.82, 2.24) is 15.0 Å². The largest absolute Gasteiger partial charge is 0.354 e. The molecule has 5 nitrogen and oxygen atoms in total. The number of nitrogens with one attached hydrogen (secondary N) is 3. The highest BCUT2D eigenvalue weighted by Gasteiger charge is 2.02. The van der Waals surface area contributed by atoms with E-state index in [0.29, 0.717) is 10.6 Å². The average molecular weight is 253 g/mol. The van der Waals surface area contributed by atoms with Crippen LogP contribution in [0.4, 0.5) is 0 Å². The molecule has 3 rings (SSSR count). The Morgan fingerprint density at radius 1 is 0.842 bits per heavy atom. The van der Waals surface area contributed by atoms with Gasteiger partial charge in [0, 0.05) is 16.1 Å². The van der Waals surface area contributed by atoms with Crippen molar-refractivity contribution in [3.63, 3.8) is 0 Å². The van der Waals surface area contributed by atoms with Gasteiger partial charge in [0.2, 0.25) is 0 Å². The van der Waals surface area contributed by atoms with E-state index in [-0.39, 0.29) is 5.35 Å². The summed E-state index contributed by atoms with van der Waals surface area (Å²) in [5.74, 6) is 0. The van der Waals surface area contributed by atoms with Crippen LogP contribution in [0.3, 0.4) is 0 Å². The van der Waals surface area contributed by atoms with Gasteiger partial charge in [-0.05, 0) is 0 Å². The summed E-state index contributed by atoms with van der Waals surface area (Å²) in [4.78, 5) is 30.9. The Labute approximate surface area is 106 Å². The number of fused-ring (bicyclic) bond motifs is 1. The molecule has 2 aromatic heterocycles. The molecule has 5 heteroatoms. The lowest BCUT2D eigenvalue weighted by Gasteiger charge is -1.89. The highest BCUT2D eigenvalue weighted by Crippen LogP contribution is 2.09. The molecule has 3 N–H and O–H groups in total. The fourth-order valence-corrected chi connectivity index (χ4v) is 2.24. The van der Waals surface area contributed by atoms with Crippen LogP contribution in [-0.2, 0) is 0 Å². The van der Waals surface area contributed by atoms with Gasteiger partial charge in [0.1, 0.15) is 0 Å². The highest BCUT2D eigenvalue weighted by molar-refractivity contribution is 5.83. The molecule has 0 unspecified atom stereocenters. The maximum absolute atomic E-state index is 12.0. The number of benzene rings is 1. The maximum Gasteiger partial charge on any atom is 0.326 e. The Kier molecular flexibility index (Phi) is 2.28. The molecule has 0 spiro atoms. The predicted molar refractivity (Wildman–Crippen MR) is 73.9 cm³/mol. The zero-order valence-electron chi connectivity index (χ0n) is 10.0. The van der Waals surface area contributed by atoms with Crippen LogP contribution in [0.2, 0.25) is 0 Å². The summed E-state index contributed by atoms with van der Waals surface area (Å²) in [6.07, 6.45) is 0. The Hall–Kier alpha value is -2.82. The first-order valence-corrected chi connectivity index (χ1v) is 5.69. The van der Waals surface area contributed by atoms with Crippen molar-refractivity contribution in [1.29, 1.82) is 0 Å². The standard InChI is InChI=1S/C14H11N3O2/c1-7-9-5-3-4-6-10(9)12(15-7)11-8(2)16-14(19)17-13(11)18/h3-6,15H,1-2H2,(H2,16,17,18,19)/b12-11+. The first-order chi connectivity index (χ1) is 9.08. The zero-order valence-corrected chi connectivity index (χ0v) is 10.0. The van der Waals surface area contributed by atoms with Gasteiger partial charge in [-0.1, -0.05) is 37.4 Å². The molecule has 0 radical (unpaired) electrons. The minimum atomic E-state index is -0.565. The van der Waals surface area contributed by atoms with Gasteiger partial charge in [-0.25, -0.2) is 4.79 Å². The molecule has 0 fully saturated rings. The lowest BCUT2D eigenvalue weighted by Crippen LogP contribution is -2.32. The Morgan fingerprint density at radius 2 is 1.53 bits per heavy atom. The van der Waals surface area contributed by atoms with Crippen molar-refractivity contribution in [3.8, 4) is 0 Å². The number of aromatic nitrogens is 3. The van der Waals surface area contributed by atoms with E-state index < -0.39 is 11.2 Å². The number of H-pyrrole nitrogens is 3. The smallest absolute Gasteiger partial charge is 0.326 e. The molecule has 0 aliphatic rings. The molecule has 19 heavy (non-hydrogen) atoms. The Morgan fingerprint density at radius 3 is 2.21 bits per heavy atom. The molecule has 2 heterocycles. The highest BCUT2D eigenvalue weighted by atomic mass is 16.2. The van der Waals surface area contributed by atoms with E-state index in [2.05, 4.69) is 28.1 Å². The summed E-state index contributed by atoms with van der Waals surface area (Å²) in [5, 5.41) is 3.74. The minimum absolute atomic E-state index is 0.278. The van der Waals surface area contributed by atoms with Crippen molar-refractivity contribution in [2.45, 2.75) is 0 Å². The minimum Gasteiger partial charge on any atom is -0.354 e. The van der Waals surface area contributed by atoms with Gasteiger partial charge >= 0.3 is 5.69 Å². The van der Waals surface area contributed by atoms with Gasteiger partial charge in [0.15, 0.2) is 0 Å². The molecule has 94 valence electrons. The first-order valence-electron chi connectivity index (χ1n) is 5.69. The van der Waals surface area contributed by atoms with Crippen molar-refractivity contribution >= 4 is 23.9 Å². The van der Waals surface area contributed by atoms with Crippen LogP contribution in [0.25, 0.3) is 23.9 Å². The van der Waals surface area contributed by atoms with Crippen LogP contribution in [-0.4, -0.2) is 15.0 Å². The molecule has 0 amide bonds.